The van der Waals surface area contributed by atoms with Crippen molar-refractivity contribution in [3.05, 3.63) is 42.0 Å². The minimum Gasteiger partial charge on any atom is -0.280 e. The number of hydrogen-bond donors (Lipinski definition) is 3. The van der Waals surface area contributed by atoms with Crippen molar-refractivity contribution < 1.29 is 9.36 Å². The lowest BCUT2D eigenvalue weighted by atomic mass is 10.2. The Morgan fingerprint density at radius 1 is 1.27 bits per heavy atom. The van der Waals surface area contributed by atoms with Crippen molar-refractivity contribution in [3.63, 3.8) is 0 Å². The average Bonchev–Trinajstić information content (AvgIpc) is 2.14. The minimum absolute atomic E-state index is 0.577. The van der Waals surface area contributed by atoms with Crippen LogP contribution in [0.25, 0.3) is 6.08 Å². The van der Waals surface area contributed by atoms with Crippen LogP contribution in [-0.2, 0) is 9.36 Å². The van der Waals surface area contributed by atoms with E-state index in [9.17, 15) is 9.36 Å². The van der Waals surface area contributed by atoms with Crippen molar-refractivity contribution >= 4 is 19.6 Å². The van der Waals surface area contributed by atoms with Gasteiger partial charge in [0.25, 0.3) is 5.91 Å². The lowest BCUT2D eigenvalue weighted by molar-refractivity contribution is -0.114. The first-order chi connectivity index (χ1) is 6.97. The van der Waals surface area contributed by atoms with Crippen molar-refractivity contribution in [2.45, 2.75) is 0 Å². The molecule has 0 heterocycles. The fourth-order valence-corrected chi connectivity index (χ4v) is 1.36. The molecule has 5 nitrogen and oxygen atoms in total. The number of nitrogens with two attached hydrogens (primary N) is 2. The van der Waals surface area contributed by atoms with Gasteiger partial charge in [-0.05, 0) is 11.6 Å². The predicted octanol–water partition coefficient (Wildman–Crippen LogP) is 0.841. The van der Waals surface area contributed by atoms with Crippen LogP contribution in [0, 0.1) is 0 Å². The molecule has 0 atom stereocenters. The summed E-state index contributed by atoms with van der Waals surface area (Å²) in [6.07, 6.45) is 2.80. The Morgan fingerprint density at radius 3 is 2.40 bits per heavy atom. The number of benzene rings is 1. The second kappa shape index (κ2) is 4.89. The molecule has 0 saturated carbocycles. The van der Waals surface area contributed by atoms with Gasteiger partial charge in [-0.25, -0.2) is 0 Å². The van der Waals surface area contributed by atoms with E-state index < -0.39 is 13.5 Å². The SMILES string of the molecule is NP(N)(=O)NC(=O)C=Cc1ccccc1. The Labute approximate surface area is 87.7 Å². The molecule has 1 aromatic carbocycles. The maximum absolute atomic E-state index is 11.1. The molecule has 6 heteroatoms. The Balaban J connectivity index is 2.60. The lowest BCUT2D eigenvalue weighted by Gasteiger charge is -2.05. The smallest absolute Gasteiger partial charge is 0.280 e. The van der Waals surface area contributed by atoms with Gasteiger partial charge >= 0.3 is 7.59 Å². The highest BCUT2D eigenvalue weighted by Gasteiger charge is 2.09. The monoisotopic (exact) mass is 225 g/mol. The fourth-order valence-electron chi connectivity index (χ4n) is 0.946. The van der Waals surface area contributed by atoms with Gasteiger partial charge in [-0.1, -0.05) is 30.3 Å². The van der Waals surface area contributed by atoms with Crippen molar-refractivity contribution in [1.82, 2.24) is 5.09 Å². The summed E-state index contributed by atoms with van der Waals surface area (Å²) in [4.78, 5) is 11.1. The predicted molar refractivity (Wildman–Crippen MR) is 59.6 cm³/mol. The number of amides is 1. The second-order valence-corrected chi connectivity index (χ2v) is 4.57. The van der Waals surface area contributed by atoms with E-state index in [2.05, 4.69) is 0 Å². The Hall–Kier alpha value is -1.42. The largest absolute Gasteiger partial charge is 0.300 e. The van der Waals surface area contributed by atoms with Gasteiger partial charge in [0.15, 0.2) is 0 Å². The topological polar surface area (TPSA) is 98.2 Å². The van der Waals surface area contributed by atoms with Gasteiger partial charge in [-0.2, -0.15) is 0 Å². The molecular formula is C9H12N3O2P. The molecule has 0 saturated heterocycles. The number of hydrogen-bond acceptors (Lipinski definition) is 2. The molecule has 0 aliphatic heterocycles. The van der Waals surface area contributed by atoms with Crippen molar-refractivity contribution in [1.29, 1.82) is 0 Å². The molecule has 1 amide bonds. The molecule has 80 valence electrons. The van der Waals surface area contributed by atoms with Gasteiger partial charge in [0.2, 0.25) is 0 Å². The highest BCUT2D eigenvalue weighted by Crippen LogP contribution is 2.16. The van der Waals surface area contributed by atoms with E-state index in [1.807, 2.05) is 35.4 Å². The van der Waals surface area contributed by atoms with Crippen molar-refractivity contribution in [2.75, 3.05) is 0 Å². The normalized spacial score (nSPS) is 11.6. The second-order valence-electron chi connectivity index (χ2n) is 2.93. The third-order valence-electron chi connectivity index (χ3n) is 1.51. The van der Waals surface area contributed by atoms with Gasteiger partial charge in [0.05, 0.1) is 0 Å². The first-order valence-electron chi connectivity index (χ1n) is 4.20. The van der Waals surface area contributed by atoms with Crippen LogP contribution in [0.3, 0.4) is 0 Å². The zero-order valence-corrected chi connectivity index (χ0v) is 8.85. The first-order valence-corrected chi connectivity index (χ1v) is 6.04. The summed E-state index contributed by atoms with van der Waals surface area (Å²) in [6.45, 7) is 0. The van der Waals surface area contributed by atoms with Gasteiger partial charge < -0.3 is 0 Å². The van der Waals surface area contributed by atoms with E-state index in [4.69, 9.17) is 11.0 Å². The number of nitrogens with one attached hydrogen (secondary N) is 1. The van der Waals surface area contributed by atoms with Crippen molar-refractivity contribution in [2.24, 2.45) is 11.0 Å². The van der Waals surface area contributed by atoms with E-state index in [1.165, 1.54) is 6.08 Å². The number of carbonyl (C=O) groups is 1. The molecule has 1 rings (SSSR count). The molecular weight excluding hydrogens is 213 g/mol. The number of rotatable bonds is 3. The molecule has 0 radical (unpaired) electrons. The molecule has 0 aliphatic rings. The van der Waals surface area contributed by atoms with Gasteiger partial charge in [0, 0.05) is 6.08 Å². The molecule has 15 heavy (non-hydrogen) atoms. The lowest BCUT2D eigenvalue weighted by Crippen LogP contribution is -2.26. The van der Waals surface area contributed by atoms with Crippen LogP contribution in [0.4, 0.5) is 0 Å². The molecule has 0 aromatic heterocycles. The molecule has 0 fully saturated rings. The van der Waals surface area contributed by atoms with Crippen LogP contribution >= 0.6 is 7.59 Å². The Kier molecular flexibility index (Phi) is 3.80. The maximum atomic E-state index is 11.1. The molecule has 5 N–H and O–H groups in total. The molecule has 1 aromatic rings. The quantitative estimate of drug-likeness (QED) is 0.524. The molecule has 0 bridgehead atoms. The number of carbonyl (C=O) groups excluding carboxylic acids is 1. The zero-order valence-electron chi connectivity index (χ0n) is 7.96. The Bertz CT molecular complexity index is 411. The highest BCUT2D eigenvalue weighted by atomic mass is 31.2. The van der Waals surface area contributed by atoms with E-state index in [0.29, 0.717) is 0 Å². The standard InChI is InChI=1S/C9H12N3O2P/c10-15(11,14)12-9(13)7-6-8-4-2-1-3-5-8/h1-7H,(H5,10,11,12,13,14). The van der Waals surface area contributed by atoms with E-state index in [1.54, 1.807) is 6.08 Å². The van der Waals surface area contributed by atoms with E-state index in [-0.39, 0.29) is 0 Å². The van der Waals surface area contributed by atoms with Crippen LogP contribution in [0.2, 0.25) is 0 Å². The van der Waals surface area contributed by atoms with Gasteiger partial charge in [0.1, 0.15) is 0 Å². The highest BCUT2D eigenvalue weighted by molar-refractivity contribution is 7.57. The van der Waals surface area contributed by atoms with Crippen LogP contribution in [0.15, 0.2) is 36.4 Å². The fraction of sp³-hybridized carbons (Fsp3) is 0. The molecule has 0 unspecified atom stereocenters. The maximum Gasteiger partial charge on any atom is 0.300 e. The van der Waals surface area contributed by atoms with Gasteiger partial charge in [-0.3, -0.25) is 25.5 Å². The molecule has 0 spiro atoms. The summed E-state index contributed by atoms with van der Waals surface area (Å²) < 4.78 is 10.8. The van der Waals surface area contributed by atoms with E-state index in [0.717, 1.165) is 5.56 Å². The first kappa shape index (κ1) is 11.7. The van der Waals surface area contributed by atoms with Crippen molar-refractivity contribution in [3.8, 4) is 0 Å². The Morgan fingerprint density at radius 2 is 1.87 bits per heavy atom. The summed E-state index contributed by atoms with van der Waals surface area (Å²) in [6, 6.07) is 9.20. The van der Waals surface area contributed by atoms with Gasteiger partial charge in [-0.15, -0.1) is 0 Å². The third-order valence-corrected chi connectivity index (χ3v) is 2.08. The van der Waals surface area contributed by atoms with E-state index >= 15 is 0 Å². The summed E-state index contributed by atoms with van der Waals surface area (Å²) in [7, 11) is -3.49. The summed E-state index contributed by atoms with van der Waals surface area (Å²) in [5, 5.41) is 1.97. The van der Waals surface area contributed by atoms with Crippen LogP contribution < -0.4 is 16.1 Å². The third kappa shape index (κ3) is 5.12. The van der Waals surface area contributed by atoms with Crippen LogP contribution in [-0.4, -0.2) is 5.91 Å². The summed E-state index contributed by atoms with van der Waals surface area (Å²) in [5.74, 6) is -0.577. The summed E-state index contributed by atoms with van der Waals surface area (Å²) >= 11 is 0. The average molecular weight is 225 g/mol. The molecule has 0 aliphatic carbocycles. The van der Waals surface area contributed by atoms with Crippen LogP contribution in [0.5, 0.6) is 0 Å². The van der Waals surface area contributed by atoms with Crippen LogP contribution in [0.1, 0.15) is 5.56 Å². The minimum atomic E-state index is -3.49. The zero-order chi connectivity index (χ0) is 11.3. The summed E-state index contributed by atoms with van der Waals surface area (Å²) in [5.41, 5.74) is 10.8.